The smallest absolute Gasteiger partial charge is 0.296 e. The molecule has 0 aliphatic heterocycles. The lowest BCUT2D eigenvalue weighted by atomic mass is 10.2. The Labute approximate surface area is 166 Å². The number of azo groups is 2. The minimum atomic E-state index is -0.515. The van der Waals surface area contributed by atoms with Crippen molar-refractivity contribution in [3.63, 3.8) is 0 Å². The third-order valence-electron chi connectivity index (χ3n) is 3.71. The summed E-state index contributed by atoms with van der Waals surface area (Å²) in [4.78, 5) is 21.9. The number of rotatable bonds is 6. The van der Waals surface area contributed by atoms with Crippen LogP contribution in [0.4, 0.5) is 34.1 Å². The number of benzene rings is 3. The van der Waals surface area contributed by atoms with Gasteiger partial charge in [-0.1, -0.05) is 36.4 Å². The third kappa shape index (κ3) is 5.13. The Morgan fingerprint density at radius 3 is 1.79 bits per heavy atom. The van der Waals surface area contributed by atoms with Gasteiger partial charge in [-0.3, -0.25) is 14.9 Å². The fourth-order valence-corrected chi connectivity index (χ4v) is 2.41. The van der Waals surface area contributed by atoms with Crippen molar-refractivity contribution >= 4 is 40.0 Å². The number of hydrogen-bond donors (Lipinski definition) is 1. The monoisotopic (exact) mass is 388 g/mol. The first-order valence-electron chi connectivity index (χ1n) is 8.57. The lowest BCUT2D eigenvalue weighted by Crippen LogP contribution is -2.05. The van der Waals surface area contributed by atoms with Gasteiger partial charge in [-0.2, -0.15) is 0 Å². The van der Waals surface area contributed by atoms with Gasteiger partial charge in [-0.05, 0) is 30.3 Å². The summed E-state index contributed by atoms with van der Waals surface area (Å²) < 4.78 is 0. The van der Waals surface area contributed by atoms with Crippen LogP contribution in [0.2, 0.25) is 0 Å². The van der Waals surface area contributed by atoms with Crippen molar-refractivity contribution in [2.24, 2.45) is 20.5 Å². The van der Waals surface area contributed by atoms with Gasteiger partial charge in [0.1, 0.15) is 17.1 Å². The maximum atomic E-state index is 11.3. The fourth-order valence-electron chi connectivity index (χ4n) is 2.41. The lowest BCUT2D eigenvalue weighted by molar-refractivity contribution is -0.384. The number of hydrogen-bond acceptors (Lipinski definition) is 7. The highest BCUT2D eigenvalue weighted by Gasteiger charge is 2.12. The average Bonchev–Trinajstić information content (AvgIpc) is 2.72. The molecule has 0 aliphatic carbocycles. The molecule has 0 atom stereocenters. The molecule has 0 saturated carbocycles. The summed E-state index contributed by atoms with van der Waals surface area (Å²) in [6, 6.07) is 19.9. The molecule has 9 nitrogen and oxygen atoms in total. The van der Waals surface area contributed by atoms with Crippen LogP contribution in [0.25, 0.3) is 0 Å². The third-order valence-corrected chi connectivity index (χ3v) is 3.71. The minimum Gasteiger partial charge on any atom is -0.324 e. The van der Waals surface area contributed by atoms with E-state index < -0.39 is 4.92 Å². The number of carbonyl (C=O) groups is 1. The van der Waals surface area contributed by atoms with E-state index >= 15 is 0 Å². The molecule has 0 radical (unpaired) electrons. The van der Waals surface area contributed by atoms with Gasteiger partial charge in [0, 0.05) is 13.0 Å². The number of nitro groups is 1. The number of nitrogens with one attached hydrogen (secondary N) is 1. The quantitative estimate of drug-likeness (QED) is 0.299. The Morgan fingerprint density at radius 2 is 1.21 bits per heavy atom. The molecule has 0 bridgehead atoms. The number of amides is 1. The summed E-state index contributed by atoms with van der Waals surface area (Å²) in [6.45, 7) is 1.41. The van der Waals surface area contributed by atoms with Gasteiger partial charge >= 0.3 is 0 Å². The van der Waals surface area contributed by atoms with Crippen LogP contribution in [-0.4, -0.2) is 10.8 Å². The molecular weight excluding hydrogens is 372 g/mol. The Bertz CT molecular complexity index is 1110. The molecule has 9 heteroatoms. The molecule has 0 fully saturated rings. The van der Waals surface area contributed by atoms with Crippen molar-refractivity contribution < 1.29 is 9.72 Å². The van der Waals surface area contributed by atoms with E-state index in [1.165, 1.54) is 19.1 Å². The van der Waals surface area contributed by atoms with Gasteiger partial charge in [-0.25, -0.2) is 0 Å². The van der Waals surface area contributed by atoms with Crippen LogP contribution in [0.15, 0.2) is 93.3 Å². The molecule has 3 aromatic carbocycles. The maximum absolute atomic E-state index is 11.3. The van der Waals surface area contributed by atoms with E-state index in [2.05, 4.69) is 25.8 Å². The first-order valence-corrected chi connectivity index (χ1v) is 8.57. The Hall–Kier alpha value is -4.27. The molecule has 3 rings (SSSR count). The van der Waals surface area contributed by atoms with Gasteiger partial charge in [0.2, 0.25) is 5.91 Å². The molecule has 144 valence electrons. The average molecular weight is 388 g/mol. The normalized spacial score (nSPS) is 11.1. The Morgan fingerprint density at radius 1 is 0.759 bits per heavy atom. The second-order valence-electron chi connectivity index (χ2n) is 5.83. The highest BCUT2D eigenvalue weighted by molar-refractivity contribution is 5.91. The summed E-state index contributed by atoms with van der Waals surface area (Å²) in [5.41, 5.74) is 1.83. The highest BCUT2D eigenvalue weighted by atomic mass is 16.6. The largest absolute Gasteiger partial charge is 0.324 e. The summed E-state index contributed by atoms with van der Waals surface area (Å²) in [6.07, 6.45) is 0. The van der Waals surface area contributed by atoms with Crippen molar-refractivity contribution in [1.29, 1.82) is 0 Å². The summed E-state index contributed by atoms with van der Waals surface area (Å²) in [5.74, 6) is -0.216. The number of anilines is 1. The zero-order valence-electron chi connectivity index (χ0n) is 15.4. The van der Waals surface area contributed by atoms with Crippen LogP contribution < -0.4 is 5.32 Å². The van der Waals surface area contributed by atoms with Crippen LogP contribution in [0.1, 0.15) is 6.92 Å². The van der Waals surface area contributed by atoms with Crippen LogP contribution in [0, 0.1) is 10.1 Å². The molecule has 3 aromatic rings. The molecule has 0 aliphatic rings. The van der Waals surface area contributed by atoms with E-state index in [4.69, 9.17) is 0 Å². The van der Waals surface area contributed by atoms with E-state index in [1.807, 2.05) is 0 Å². The zero-order valence-corrected chi connectivity index (χ0v) is 15.4. The van der Waals surface area contributed by atoms with Crippen molar-refractivity contribution in [2.45, 2.75) is 6.92 Å². The molecule has 29 heavy (non-hydrogen) atoms. The van der Waals surface area contributed by atoms with E-state index in [9.17, 15) is 14.9 Å². The molecule has 0 heterocycles. The predicted octanol–water partition coefficient (Wildman–Crippen LogP) is 6.38. The zero-order chi connectivity index (χ0) is 20.6. The molecular formula is C20H16N6O3. The van der Waals surface area contributed by atoms with Gasteiger partial charge in [-0.15, -0.1) is 20.5 Å². The van der Waals surface area contributed by atoms with E-state index in [1.54, 1.807) is 60.7 Å². The maximum Gasteiger partial charge on any atom is 0.296 e. The molecule has 0 saturated heterocycles. The Kier molecular flexibility index (Phi) is 6.11. The standard InChI is InChI=1S/C20H16N6O3/c1-14(27)21-15-8-2-3-9-16(15)22-23-17-10-4-5-11-18(17)24-25-19-12-6-7-13-20(19)26(28)29/h2-13H,1H3,(H,21,27). The van der Waals surface area contributed by atoms with Crippen molar-refractivity contribution in [3.8, 4) is 0 Å². The number of nitro benzene ring substituents is 1. The van der Waals surface area contributed by atoms with Crippen molar-refractivity contribution in [3.05, 3.63) is 82.9 Å². The lowest BCUT2D eigenvalue weighted by Gasteiger charge is -2.04. The molecule has 0 unspecified atom stereocenters. The molecule has 0 spiro atoms. The van der Waals surface area contributed by atoms with Crippen LogP contribution in [-0.2, 0) is 4.79 Å². The number of para-hydroxylation sites is 2. The van der Waals surface area contributed by atoms with Gasteiger partial charge in [0.15, 0.2) is 5.69 Å². The van der Waals surface area contributed by atoms with Gasteiger partial charge in [0.05, 0.1) is 10.6 Å². The van der Waals surface area contributed by atoms with E-state index in [0.717, 1.165) is 0 Å². The first-order chi connectivity index (χ1) is 14.0. The predicted molar refractivity (Wildman–Crippen MR) is 109 cm³/mol. The second kappa shape index (κ2) is 9.09. The van der Waals surface area contributed by atoms with Gasteiger partial charge in [0.25, 0.3) is 5.69 Å². The first kappa shape index (κ1) is 19.5. The highest BCUT2D eigenvalue weighted by Crippen LogP contribution is 2.34. The summed E-state index contributed by atoms with van der Waals surface area (Å²) in [7, 11) is 0. The summed E-state index contributed by atoms with van der Waals surface area (Å²) >= 11 is 0. The van der Waals surface area contributed by atoms with E-state index in [0.29, 0.717) is 22.7 Å². The second-order valence-corrected chi connectivity index (χ2v) is 5.83. The minimum absolute atomic E-state index is 0.139. The number of carbonyl (C=O) groups excluding carboxylic acids is 1. The van der Waals surface area contributed by atoms with Crippen LogP contribution >= 0.6 is 0 Å². The summed E-state index contributed by atoms with van der Waals surface area (Å²) in [5, 5.41) is 30.3. The molecule has 1 N–H and O–H groups in total. The molecule has 1 amide bonds. The SMILES string of the molecule is CC(=O)Nc1ccccc1N=Nc1ccccc1N=Nc1ccccc1[N+](=O)[O-]. The fraction of sp³-hybridized carbons (Fsp3) is 0.0500. The van der Waals surface area contributed by atoms with Crippen LogP contribution in [0.3, 0.4) is 0 Å². The van der Waals surface area contributed by atoms with Gasteiger partial charge < -0.3 is 5.32 Å². The number of nitrogens with zero attached hydrogens (tertiary/aromatic N) is 5. The van der Waals surface area contributed by atoms with Crippen molar-refractivity contribution in [2.75, 3.05) is 5.32 Å². The van der Waals surface area contributed by atoms with Crippen LogP contribution in [0.5, 0.6) is 0 Å². The van der Waals surface area contributed by atoms with Crippen molar-refractivity contribution in [1.82, 2.24) is 0 Å². The van der Waals surface area contributed by atoms with E-state index in [-0.39, 0.29) is 17.3 Å². The topological polar surface area (TPSA) is 122 Å². The Balaban J connectivity index is 1.90. The molecule has 0 aromatic heterocycles.